The van der Waals surface area contributed by atoms with Gasteiger partial charge >= 0.3 is 0 Å². The van der Waals surface area contributed by atoms with Crippen LogP contribution in [0.1, 0.15) is 18.1 Å². The molecule has 0 aliphatic carbocycles. The molecule has 33 heavy (non-hydrogen) atoms. The quantitative estimate of drug-likeness (QED) is 0.418. The van der Waals surface area contributed by atoms with E-state index in [0.717, 1.165) is 13.2 Å². The summed E-state index contributed by atoms with van der Waals surface area (Å²) in [5.74, 6) is -2.23. The highest BCUT2D eigenvalue weighted by atomic mass is 32.2. The number of halogens is 2. The average molecular weight is 473 g/mol. The van der Waals surface area contributed by atoms with Crippen molar-refractivity contribution in [2.45, 2.75) is 24.3 Å². The van der Waals surface area contributed by atoms with Gasteiger partial charge in [-0.25, -0.2) is 27.2 Å². The zero-order valence-electron chi connectivity index (χ0n) is 18.2. The Labute approximate surface area is 190 Å². The van der Waals surface area contributed by atoms with Gasteiger partial charge in [-0.05, 0) is 29.8 Å². The minimum Gasteiger partial charge on any atom is -0.481 e. The third kappa shape index (κ3) is 4.80. The highest BCUT2D eigenvalue weighted by Crippen LogP contribution is 2.32. The summed E-state index contributed by atoms with van der Waals surface area (Å²) in [5, 5.41) is 3.15. The molecule has 0 fully saturated rings. The lowest BCUT2D eigenvalue weighted by Gasteiger charge is -2.18. The van der Waals surface area contributed by atoms with Crippen LogP contribution in [0, 0.1) is 0 Å². The third-order valence-corrected chi connectivity index (χ3v) is 6.28. The number of imidazole rings is 1. The lowest BCUT2D eigenvalue weighted by atomic mass is 10.0. The number of benzene rings is 2. The fourth-order valence-corrected chi connectivity index (χ4v) is 4.20. The number of pyridine rings is 1. The molecule has 0 aliphatic heterocycles. The van der Waals surface area contributed by atoms with E-state index in [-0.39, 0.29) is 17.0 Å². The van der Waals surface area contributed by atoms with E-state index in [2.05, 4.69) is 15.3 Å². The monoisotopic (exact) mass is 472 g/mol. The number of methoxy groups -OCH3 is 1. The second-order valence-corrected chi connectivity index (χ2v) is 9.72. The largest absolute Gasteiger partial charge is 0.481 e. The fourth-order valence-electron chi connectivity index (χ4n) is 3.56. The predicted octanol–water partition coefficient (Wildman–Crippen LogP) is 4.75. The zero-order valence-corrected chi connectivity index (χ0v) is 19.0. The van der Waals surface area contributed by atoms with Crippen LogP contribution in [-0.4, -0.2) is 36.3 Å². The molecule has 0 spiro atoms. The zero-order chi connectivity index (χ0) is 23.8. The molecule has 0 atom stereocenters. The Morgan fingerprint density at radius 3 is 2.52 bits per heavy atom. The minimum absolute atomic E-state index is 0.0864. The van der Waals surface area contributed by atoms with Crippen LogP contribution in [-0.2, 0) is 22.3 Å². The molecular weight excluding hydrogens is 450 g/mol. The van der Waals surface area contributed by atoms with Gasteiger partial charge in [0.2, 0.25) is 11.8 Å². The van der Waals surface area contributed by atoms with Crippen LogP contribution in [0.3, 0.4) is 0 Å². The molecule has 10 heteroatoms. The molecule has 0 amide bonds. The summed E-state index contributed by atoms with van der Waals surface area (Å²) in [7, 11) is -1.93. The third-order valence-electron chi connectivity index (χ3n) is 5.17. The first kappa shape index (κ1) is 22.7. The first-order valence-corrected chi connectivity index (χ1v) is 11.9. The van der Waals surface area contributed by atoms with Crippen molar-refractivity contribution in [1.29, 1.82) is 0 Å². The van der Waals surface area contributed by atoms with E-state index >= 15 is 0 Å². The molecule has 4 rings (SSSR count). The maximum Gasteiger partial charge on any atom is 0.270 e. The Kier molecular flexibility index (Phi) is 5.79. The van der Waals surface area contributed by atoms with E-state index in [1.807, 2.05) is 0 Å². The number of anilines is 2. The Morgan fingerprint density at radius 2 is 1.88 bits per heavy atom. The summed E-state index contributed by atoms with van der Waals surface area (Å²) in [4.78, 5) is 8.83. The second-order valence-electron chi connectivity index (χ2n) is 7.70. The summed E-state index contributed by atoms with van der Waals surface area (Å²) >= 11 is 0. The van der Waals surface area contributed by atoms with Gasteiger partial charge in [0.05, 0.1) is 41.5 Å². The van der Waals surface area contributed by atoms with E-state index in [1.165, 1.54) is 25.3 Å². The standard InChI is InChI=1S/C23H22F2N4O3S/c1-23(24,25)18-7-5-4-6-15(18)14-29-20-10-9-17(33(3,30)31)12-19(20)28-22(29)27-16-8-11-21(32-2)26-13-16/h4-13H,14H2,1-3H3,(H,27,28). The Morgan fingerprint density at radius 1 is 1.12 bits per heavy atom. The van der Waals surface area contributed by atoms with Crippen LogP contribution >= 0.6 is 0 Å². The van der Waals surface area contributed by atoms with Gasteiger partial charge in [-0.3, -0.25) is 0 Å². The number of rotatable bonds is 7. The molecule has 2 aromatic carbocycles. The smallest absolute Gasteiger partial charge is 0.270 e. The van der Waals surface area contributed by atoms with Crippen molar-refractivity contribution in [3.63, 3.8) is 0 Å². The van der Waals surface area contributed by atoms with Crippen molar-refractivity contribution in [3.05, 3.63) is 71.9 Å². The van der Waals surface area contributed by atoms with E-state index in [0.29, 0.717) is 34.1 Å². The number of nitrogens with one attached hydrogen (secondary N) is 1. The molecule has 2 heterocycles. The van der Waals surface area contributed by atoms with Gasteiger partial charge in [-0.15, -0.1) is 0 Å². The van der Waals surface area contributed by atoms with E-state index in [9.17, 15) is 17.2 Å². The van der Waals surface area contributed by atoms with Crippen LogP contribution in [0.2, 0.25) is 0 Å². The van der Waals surface area contributed by atoms with Crippen LogP contribution in [0.4, 0.5) is 20.4 Å². The molecule has 0 radical (unpaired) electrons. The van der Waals surface area contributed by atoms with Crippen molar-refractivity contribution in [3.8, 4) is 5.88 Å². The number of alkyl halides is 2. The number of sulfone groups is 1. The number of fused-ring (bicyclic) bond motifs is 1. The van der Waals surface area contributed by atoms with Crippen molar-refractivity contribution < 1.29 is 21.9 Å². The summed E-state index contributed by atoms with van der Waals surface area (Å²) in [6.07, 6.45) is 2.67. The van der Waals surface area contributed by atoms with Crippen molar-refractivity contribution >= 4 is 32.5 Å². The minimum atomic E-state index is -3.44. The van der Waals surface area contributed by atoms with Gasteiger partial charge in [0.15, 0.2) is 9.84 Å². The second kappa shape index (κ2) is 8.43. The SMILES string of the molecule is COc1ccc(Nc2nc3cc(S(C)(=O)=O)ccc3n2Cc2ccccc2C(C)(F)F)cn1. The predicted molar refractivity (Wildman–Crippen MR) is 122 cm³/mol. The number of hydrogen-bond acceptors (Lipinski definition) is 6. The molecular formula is C23H22F2N4O3S. The summed E-state index contributed by atoms with van der Waals surface area (Å²) in [6, 6.07) is 14.3. The maximum absolute atomic E-state index is 14.2. The van der Waals surface area contributed by atoms with Crippen molar-refractivity contribution in [2.75, 3.05) is 18.7 Å². The Hall–Kier alpha value is -3.53. The van der Waals surface area contributed by atoms with E-state index in [4.69, 9.17) is 4.74 Å². The summed E-state index contributed by atoms with van der Waals surface area (Å²) < 4.78 is 59.3. The molecule has 0 bridgehead atoms. The maximum atomic E-state index is 14.2. The highest BCUT2D eigenvalue weighted by Gasteiger charge is 2.27. The first-order valence-electron chi connectivity index (χ1n) is 10.00. The molecule has 0 aliphatic rings. The lowest BCUT2D eigenvalue weighted by Crippen LogP contribution is -2.14. The molecule has 1 N–H and O–H groups in total. The molecule has 172 valence electrons. The number of ether oxygens (including phenoxy) is 1. The van der Waals surface area contributed by atoms with Gasteiger partial charge in [-0.2, -0.15) is 0 Å². The van der Waals surface area contributed by atoms with Crippen LogP contribution < -0.4 is 10.1 Å². The van der Waals surface area contributed by atoms with Gasteiger partial charge < -0.3 is 14.6 Å². The molecule has 2 aromatic heterocycles. The topological polar surface area (TPSA) is 86.1 Å². The lowest BCUT2D eigenvalue weighted by molar-refractivity contribution is 0.0165. The fraction of sp³-hybridized carbons (Fsp3) is 0.217. The number of aromatic nitrogens is 3. The van der Waals surface area contributed by atoms with E-state index in [1.54, 1.807) is 47.2 Å². The number of nitrogens with zero attached hydrogens (tertiary/aromatic N) is 3. The van der Waals surface area contributed by atoms with Crippen LogP contribution in [0.5, 0.6) is 5.88 Å². The van der Waals surface area contributed by atoms with Crippen LogP contribution in [0.25, 0.3) is 11.0 Å². The van der Waals surface area contributed by atoms with E-state index < -0.39 is 15.8 Å². The van der Waals surface area contributed by atoms with Gasteiger partial charge in [0, 0.05) is 24.8 Å². The van der Waals surface area contributed by atoms with Gasteiger partial charge in [0.25, 0.3) is 5.92 Å². The molecule has 0 saturated heterocycles. The first-order chi connectivity index (χ1) is 15.6. The van der Waals surface area contributed by atoms with Crippen molar-refractivity contribution in [2.24, 2.45) is 0 Å². The summed E-state index contributed by atoms with van der Waals surface area (Å²) in [6.45, 7) is 0.957. The molecule has 0 saturated carbocycles. The molecule has 4 aromatic rings. The van der Waals surface area contributed by atoms with Gasteiger partial charge in [-0.1, -0.05) is 24.3 Å². The van der Waals surface area contributed by atoms with Crippen LogP contribution in [0.15, 0.2) is 65.7 Å². The van der Waals surface area contributed by atoms with Crippen molar-refractivity contribution in [1.82, 2.24) is 14.5 Å². The average Bonchev–Trinajstić information content (AvgIpc) is 3.09. The Bertz CT molecular complexity index is 1410. The highest BCUT2D eigenvalue weighted by molar-refractivity contribution is 7.90. The normalized spacial score (nSPS) is 12.2. The number of hydrogen-bond donors (Lipinski definition) is 1. The van der Waals surface area contributed by atoms with Gasteiger partial charge in [0.1, 0.15) is 0 Å². The summed E-state index contributed by atoms with van der Waals surface area (Å²) in [5.41, 5.74) is 1.96. The molecule has 0 unspecified atom stereocenters. The molecule has 7 nitrogen and oxygen atoms in total. The Balaban J connectivity index is 1.84.